The van der Waals surface area contributed by atoms with Crippen LogP contribution in [0.1, 0.15) is 74.9 Å². The highest BCUT2D eigenvalue weighted by Crippen LogP contribution is 2.55. The van der Waals surface area contributed by atoms with Crippen LogP contribution in [0.3, 0.4) is 0 Å². The summed E-state index contributed by atoms with van der Waals surface area (Å²) < 4.78 is 5.09. The Hall–Kier alpha value is -4.04. The lowest BCUT2D eigenvalue weighted by Gasteiger charge is -2.47. The number of aromatic nitrogens is 2. The number of rotatable bonds is 5. The molecule has 3 aliphatic rings. The third-order valence-corrected chi connectivity index (χ3v) is 11.7. The topological polar surface area (TPSA) is 7.76 Å². The van der Waals surface area contributed by atoms with Crippen molar-refractivity contribution in [3.63, 3.8) is 0 Å². The molecular formula is C41H42N2+2. The Morgan fingerprint density at radius 1 is 0.674 bits per heavy atom. The molecule has 2 atom stereocenters. The van der Waals surface area contributed by atoms with Gasteiger partial charge in [0.05, 0.1) is 16.5 Å². The van der Waals surface area contributed by atoms with Gasteiger partial charge < -0.3 is 0 Å². The molecule has 8 rings (SSSR count). The maximum Gasteiger partial charge on any atom is 0.213 e. The summed E-state index contributed by atoms with van der Waals surface area (Å²) in [6, 6.07) is 36.8. The van der Waals surface area contributed by atoms with Crippen molar-refractivity contribution in [3.8, 4) is 33.6 Å². The minimum atomic E-state index is -0.0126. The number of hydrogen-bond acceptors (Lipinski definition) is 0. The highest BCUT2D eigenvalue weighted by atomic mass is 15.1. The molecule has 0 radical (unpaired) electrons. The molecule has 2 nitrogen and oxygen atoms in total. The van der Waals surface area contributed by atoms with Gasteiger partial charge >= 0.3 is 0 Å². The first kappa shape index (κ1) is 26.6. The molecule has 0 N–H and O–H groups in total. The van der Waals surface area contributed by atoms with Gasteiger partial charge in [-0.1, -0.05) is 81.4 Å². The molecule has 1 aliphatic carbocycles. The first-order chi connectivity index (χ1) is 20.8. The van der Waals surface area contributed by atoms with Crippen LogP contribution < -0.4 is 9.13 Å². The molecule has 2 unspecified atom stereocenters. The lowest BCUT2D eigenvalue weighted by Crippen LogP contribution is -2.67. The van der Waals surface area contributed by atoms with Crippen molar-refractivity contribution in [2.45, 2.75) is 76.2 Å². The van der Waals surface area contributed by atoms with Gasteiger partial charge in [0.1, 0.15) is 7.05 Å². The van der Waals surface area contributed by atoms with Crippen LogP contribution in [0.15, 0.2) is 103 Å². The second-order valence-electron chi connectivity index (χ2n) is 13.9. The quantitative estimate of drug-likeness (QED) is 0.190. The van der Waals surface area contributed by atoms with Crippen LogP contribution in [0.2, 0.25) is 0 Å². The second kappa shape index (κ2) is 9.23. The van der Waals surface area contributed by atoms with E-state index in [0.717, 1.165) is 25.7 Å². The Morgan fingerprint density at radius 2 is 1.37 bits per heavy atom. The molecule has 0 amide bonds. The van der Waals surface area contributed by atoms with Crippen molar-refractivity contribution in [1.82, 2.24) is 0 Å². The summed E-state index contributed by atoms with van der Waals surface area (Å²) in [5, 5.41) is 0. The monoisotopic (exact) mass is 562 g/mol. The Balaban J connectivity index is 1.23. The number of pyridine rings is 2. The molecule has 214 valence electrons. The van der Waals surface area contributed by atoms with E-state index in [1.807, 2.05) is 0 Å². The van der Waals surface area contributed by atoms with E-state index in [1.54, 1.807) is 5.56 Å². The molecule has 0 spiro atoms. The van der Waals surface area contributed by atoms with Gasteiger partial charge in [-0.15, -0.1) is 0 Å². The summed E-state index contributed by atoms with van der Waals surface area (Å²) in [6.07, 6.45) is 8.02. The summed E-state index contributed by atoms with van der Waals surface area (Å²) in [5.41, 5.74) is 15.7. The first-order valence-corrected chi connectivity index (χ1v) is 16.2. The second-order valence-corrected chi connectivity index (χ2v) is 13.9. The fraction of sp³-hybridized carbons (Fsp3) is 0.317. The Bertz CT molecular complexity index is 1930. The minimum absolute atomic E-state index is 0.0126. The summed E-state index contributed by atoms with van der Waals surface area (Å²) in [6.45, 7) is 9.75. The molecule has 2 aromatic heterocycles. The Kier molecular flexibility index (Phi) is 5.70. The van der Waals surface area contributed by atoms with Gasteiger partial charge in [0.15, 0.2) is 17.4 Å². The number of hydrogen-bond donors (Lipinski definition) is 0. The number of nitrogens with zero attached hydrogens (tertiary/aromatic N) is 2. The predicted molar refractivity (Wildman–Crippen MR) is 175 cm³/mol. The highest BCUT2D eigenvalue weighted by Gasteiger charge is 2.62. The van der Waals surface area contributed by atoms with Gasteiger partial charge in [-0.05, 0) is 65.3 Å². The Morgan fingerprint density at radius 3 is 2.16 bits per heavy atom. The molecule has 2 aliphatic heterocycles. The fourth-order valence-electron chi connectivity index (χ4n) is 9.44. The van der Waals surface area contributed by atoms with E-state index in [0.29, 0.717) is 0 Å². The van der Waals surface area contributed by atoms with E-state index in [4.69, 9.17) is 0 Å². The lowest BCUT2D eigenvalue weighted by atomic mass is 9.58. The van der Waals surface area contributed by atoms with Gasteiger partial charge in [-0.25, -0.2) is 4.57 Å². The van der Waals surface area contributed by atoms with Gasteiger partial charge in [-0.2, -0.15) is 4.57 Å². The molecule has 2 heteroatoms. The molecular weight excluding hydrogens is 520 g/mol. The van der Waals surface area contributed by atoms with Crippen LogP contribution in [0.25, 0.3) is 33.6 Å². The van der Waals surface area contributed by atoms with E-state index in [1.165, 1.54) is 62.4 Å². The number of benzene rings is 3. The van der Waals surface area contributed by atoms with E-state index < -0.39 is 0 Å². The van der Waals surface area contributed by atoms with E-state index >= 15 is 0 Å². The van der Waals surface area contributed by atoms with Crippen LogP contribution in [-0.4, -0.2) is 0 Å². The fourth-order valence-corrected chi connectivity index (χ4v) is 9.44. The van der Waals surface area contributed by atoms with Crippen molar-refractivity contribution in [2.24, 2.45) is 7.05 Å². The van der Waals surface area contributed by atoms with Gasteiger partial charge in [0.25, 0.3) is 0 Å². The molecule has 0 fully saturated rings. The molecule has 5 aromatic rings. The highest BCUT2D eigenvalue weighted by molar-refractivity contribution is 5.81. The van der Waals surface area contributed by atoms with Gasteiger partial charge in [0, 0.05) is 48.9 Å². The predicted octanol–water partition coefficient (Wildman–Crippen LogP) is 8.39. The Labute approximate surface area is 256 Å². The zero-order valence-electron chi connectivity index (χ0n) is 26.2. The molecule has 0 saturated carbocycles. The number of fused-ring (bicyclic) bond motifs is 5. The van der Waals surface area contributed by atoms with Crippen molar-refractivity contribution in [1.29, 1.82) is 0 Å². The normalized spacial score (nSPS) is 22.1. The van der Waals surface area contributed by atoms with Crippen LogP contribution >= 0.6 is 0 Å². The zero-order valence-corrected chi connectivity index (χ0v) is 26.2. The van der Waals surface area contributed by atoms with Crippen LogP contribution in [0.5, 0.6) is 0 Å². The van der Waals surface area contributed by atoms with Crippen molar-refractivity contribution >= 4 is 0 Å². The molecule has 4 heterocycles. The average Bonchev–Trinajstić information content (AvgIpc) is 3.49. The zero-order chi connectivity index (χ0) is 29.6. The SMILES string of the molecule is CCC1(CCc2ccccc2-c2cc3c(c[n+]2C)-c2ccccc2C3(C)C)c2ccccc2-c2cccc3[n+]2C1(C)CC3. The standard InChI is InChI=1S/C41H42N2/c1-6-41(35-20-12-10-18-32(35)37-21-13-15-29-23-24-40(41,4)43(29)37)25-22-28-14-7-8-16-30(28)38-26-36-33(27-42(38)5)31-17-9-11-19-34(31)39(36,2)3/h7-21,26-27H,6,22-25H2,1-5H3/q+2. The largest absolute Gasteiger partial charge is 0.213 e. The summed E-state index contributed by atoms with van der Waals surface area (Å²) in [4.78, 5) is 0. The van der Waals surface area contributed by atoms with E-state index in [9.17, 15) is 0 Å². The summed E-state index contributed by atoms with van der Waals surface area (Å²) in [7, 11) is 2.22. The van der Waals surface area contributed by atoms with Crippen LogP contribution in [-0.2, 0) is 36.3 Å². The van der Waals surface area contributed by atoms with Crippen LogP contribution in [0, 0.1) is 0 Å². The first-order valence-electron chi connectivity index (χ1n) is 16.2. The van der Waals surface area contributed by atoms with Gasteiger partial charge in [0.2, 0.25) is 11.4 Å². The van der Waals surface area contributed by atoms with E-state index in [-0.39, 0.29) is 16.4 Å². The molecule has 43 heavy (non-hydrogen) atoms. The maximum atomic E-state index is 2.73. The van der Waals surface area contributed by atoms with Crippen molar-refractivity contribution < 1.29 is 9.13 Å². The number of aryl methyl sites for hydroxylation is 3. The van der Waals surface area contributed by atoms with Crippen LogP contribution in [0.4, 0.5) is 0 Å². The smallest absolute Gasteiger partial charge is 0.200 e. The molecule has 0 bridgehead atoms. The lowest BCUT2D eigenvalue weighted by molar-refractivity contribution is -0.758. The van der Waals surface area contributed by atoms with E-state index in [2.05, 4.69) is 147 Å². The summed E-state index contributed by atoms with van der Waals surface area (Å²) in [5.74, 6) is 0. The third-order valence-electron chi connectivity index (χ3n) is 11.7. The minimum Gasteiger partial charge on any atom is -0.200 e. The average molecular weight is 563 g/mol. The molecule has 3 aromatic carbocycles. The third kappa shape index (κ3) is 3.47. The maximum absolute atomic E-state index is 2.73. The van der Waals surface area contributed by atoms with Crippen molar-refractivity contribution in [2.75, 3.05) is 0 Å². The summed E-state index contributed by atoms with van der Waals surface area (Å²) >= 11 is 0. The van der Waals surface area contributed by atoms with Crippen molar-refractivity contribution in [3.05, 3.63) is 131 Å². The molecule has 0 saturated heterocycles. The van der Waals surface area contributed by atoms with Gasteiger partial charge in [-0.3, -0.25) is 0 Å².